The molecule has 2 rings (SSSR count). The van der Waals surface area contributed by atoms with E-state index in [9.17, 15) is 9.90 Å². The van der Waals surface area contributed by atoms with E-state index in [1.165, 1.54) is 32.1 Å². The molecule has 0 spiro atoms. The highest BCUT2D eigenvalue weighted by molar-refractivity contribution is 5.78. The Morgan fingerprint density at radius 3 is 2.71 bits per heavy atom. The SMILES string of the molecule is O=C1CC(O)CN1CCCNC1CCCCC1. The second-order valence-corrected chi connectivity index (χ2v) is 5.34. The molecule has 1 amide bonds. The van der Waals surface area contributed by atoms with Gasteiger partial charge in [0, 0.05) is 19.1 Å². The first-order valence-electron chi connectivity index (χ1n) is 6.95. The van der Waals surface area contributed by atoms with E-state index in [0.29, 0.717) is 19.0 Å². The fourth-order valence-corrected chi connectivity index (χ4v) is 2.85. The van der Waals surface area contributed by atoms with Crippen molar-refractivity contribution in [1.29, 1.82) is 0 Å². The molecule has 2 fully saturated rings. The Hall–Kier alpha value is -0.610. The fraction of sp³-hybridized carbons (Fsp3) is 0.923. The van der Waals surface area contributed by atoms with Gasteiger partial charge in [-0.2, -0.15) is 0 Å². The van der Waals surface area contributed by atoms with E-state index < -0.39 is 6.10 Å². The van der Waals surface area contributed by atoms with Crippen LogP contribution in [0.1, 0.15) is 44.9 Å². The van der Waals surface area contributed by atoms with Crippen LogP contribution < -0.4 is 5.32 Å². The van der Waals surface area contributed by atoms with Crippen LogP contribution in [0.5, 0.6) is 0 Å². The van der Waals surface area contributed by atoms with Crippen molar-refractivity contribution in [3.63, 3.8) is 0 Å². The van der Waals surface area contributed by atoms with E-state index in [0.717, 1.165) is 19.5 Å². The molecule has 1 saturated carbocycles. The lowest BCUT2D eigenvalue weighted by Crippen LogP contribution is -2.34. The first-order chi connectivity index (χ1) is 8.25. The highest BCUT2D eigenvalue weighted by Gasteiger charge is 2.27. The van der Waals surface area contributed by atoms with Crippen molar-refractivity contribution in [3.8, 4) is 0 Å². The molecule has 1 heterocycles. The van der Waals surface area contributed by atoms with Gasteiger partial charge in [0.15, 0.2) is 0 Å². The van der Waals surface area contributed by atoms with Crippen LogP contribution in [-0.2, 0) is 4.79 Å². The largest absolute Gasteiger partial charge is 0.391 e. The van der Waals surface area contributed by atoms with Crippen LogP contribution in [0.2, 0.25) is 0 Å². The summed E-state index contributed by atoms with van der Waals surface area (Å²) in [7, 11) is 0. The molecule has 17 heavy (non-hydrogen) atoms. The van der Waals surface area contributed by atoms with Crippen molar-refractivity contribution < 1.29 is 9.90 Å². The summed E-state index contributed by atoms with van der Waals surface area (Å²) >= 11 is 0. The number of rotatable bonds is 5. The van der Waals surface area contributed by atoms with Gasteiger partial charge in [-0.15, -0.1) is 0 Å². The van der Waals surface area contributed by atoms with Gasteiger partial charge in [-0.1, -0.05) is 19.3 Å². The molecule has 4 heteroatoms. The number of amides is 1. The molecule has 98 valence electrons. The highest BCUT2D eigenvalue weighted by Crippen LogP contribution is 2.17. The third-order valence-corrected chi connectivity index (χ3v) is 3.84. The maximum Gasteiger partial charge on any atom is 0.225 e. The number of carbonyl (C=O) groups excluding carboxylic acids is 1. The van der Waals surface area contributed by atoms with Gasteiger partial charge in [0.2, 0.25) is 5.91 Å². The van der Waals surface area contributed by atoms with Gasteiger partial charge in [0.1, 0.15) is 0 Å². The average molecular weight is 240 g/mol. The first-order valence-corrected chi connectivity index (χ1v) is 6.95. The van der Waals surface area contributed by atoms with E-state index in [1.54, 1.807) is 4.90 Å². The van der Waals surface area contributed by atoms with Crippen molar-refractivity contribution >= 4 is 5.91 Å². The molecule has 0 bridgehead atoms. The molecule has 1 saturated heterocycles. The smallest absolute Gasteiger partial charge is 0.225 e. The molecule has 1 atom stereocenters. The third kappa shape index (κ3) is 3.96. The van der Waals surface area contributed by atoms with E-state index in [-0.39, 0.29) is 5.91 Å². The van der Waals surface area contributed by atoms with Crippen LogP contribution >= 0.6 is 0 Å². The van der Waals surface area contributed by atoms with Gasteiger partial charge in [-0.3, -0.25) is 4.79 Å². The molecule has 1 unspecified atom stereocenters. The van der Waals surface area contributed by atoms with Gasteiger partial charge in [0.25, 0.3) is 0 Å². The Morgan fingerprint density at radius 1 is 1.29 bits per heavy atom. The maximum absolute atomic E-state index is 11.4. The lowest BCUT2D eigenvalue weighted by molar-refractivity contribution is -0.127. The van der Waals surface area contributed by atoms with E-state index in [1.807, 2.05) is 0 Å². The molecule has 2 N–H and O–H groups in total. The number of hydrogen-bond acceptors (Lipinski definition) is 3. The van der Waals surface area contributed by atoms with Crippen molar-refractivity contribution in [2.45, 2.75) is 57.1 Å². The number of carbonyl (C=O) groups is 1. The van der Waals surface area contributed by atoms with Crippen LogP contribution in [0.3, 0.4) is 0 Å². The third-order valence-electron chi connectivity index (χ3n) is 3.84. The van der Waals surface area contributed by atoms with Gasteiger partial charge < -0.3 is 15.3 Å². The highest BCUT2D eigenvalue weighted by atomic mass is 16.3. The number of nitrogens with one attached hydrogen (secondary N) is 1. The van der Waals surface area contributed by atoms with Crippen LogP contribution in [-0.4, -0.2) is 47.7 Å². The second kappa shape index (κ2) is 6.36. The summed E-state index contributed by atoms with van der Waals surface area (Å²) in [5.74, 6) is 0.107. The Labute approximate surface area is 103 Å². The summed E-state index contributed by atoms with van der Waals surface area (Å²) in [5, 5.41) is 12.9. The van der Waals surface area contributed by atoms with Gasteiger partial charge in [0.05, 0.1) is 12.5 Å². The summed E-state index contributed by atoms with van der Waals surface area (Å²) in [6, 6.07) is 0.698. The molecule has 0 aromatic heterocycles. The molecule has 0 aromatic rings. The van der Waals surface area contributed by atoms with Gasteiger partial charge in [-0.25, -0.2) is 0 Å². The summed E-state index contributed by atoms with van der Waals surface area (Å²) in [5.41, 5.74) is 0. The van der Waals surface area contributed by atoms with Gasteiger partial charge >= 0.3 is 0 Å². The van der Waals surface area contributed by atoms with Gasteiger partial charge in [-0.05, 0) is 25.8 Å². The Morgan fingerprint density at radius 2 is 2.06 bits per heavy atom. The Balaban J connectivity index is 1.55. The number of likely N-dealkylation sites (tertiary alicyclic amines) is 1. The van der Waals surface area contributed by atoms with Crippen LogP contribution in [0.15, 0.2) is 0 Å². The number of β-amino-alcohol motifs (C(OH)–C–C–N with tert-alkyl or cyclic N) is 1. The summed E-state index contributed by atoms with van der Waals surface area (Å²) in [6.07, 6.45) is 7.59. The number of nitrogens with zero attached hydrogens (tertiary/aromatic N) is 1. The minimum absolute atomic E-state index is 0.107. The topological polar surface area (TPSA) is 52.6 Å². The predicted molar refractivity (Wildman–Crippen MR) is 66.7 cm³/mol. The number of aliphatic hydroxyl groups is 1. The number of aliphatic hydroxyl groups excluding tert-OH is 1. The summed E-state index contributed by atoms with van der Waals surface area (Å²) in [4.78, 5) is 13.2. The molecule has 4 nitrogen and oxygen atoms in total. The maximum atomic E-state index is 11.4. The van der Waals surface area contributed by atoms with E-state index in [4.69, 9.17) is 0 Å². The second-order valence-electron chi connectivity index (χ2n) is 5.34. The normalized spacial score (nSPS) is 26.8. The van der Waals surface area contributed by atoms with E-state index >= 15 is 0 Å². The lowest BCUT2D eigenvalue weighted by Gasteiger charge is -2.23. The standard InChI is InChI=1S/C13H24N2O2/c16-12-9-13(17)15(10-12)8-4-7-14-11-5-2-1-3-6-11/h11-12,14,16H,1-10H2. The molecule has 0 aromatic carbocycles. The Bertz CT molecular complexity index is 252. The van der Waals surface area contributed by atoms with Crippen molar-refractivity contribution in [2.24, 2.45) is 0 Å². The zero-order chi connectivity index (χ0) is 12.1. The molecular weight excluding hydrogens is 216 g/mol. The van der Waals surface area contributed by atoms with E-state index in [2.05, 4.69) is 5.32 Å². The Kier molecular flexibility index (Phi) is 4.80. The first kappa shape index (κ1) is 12.8. The van der Waals surface area contributed by atoms with Crippen LogP contribution in [0, 0.1) is 0 Å². The summed E-state index contributed by atoms with van der Waals surface area (Å²) < 4.78 is 0. The minimum Gasteiger partial charge on any atom is -0.391 e. The zero-order valence-corrected chi connectivity index (χ0v) is 10.5. The van der Waals surface area contributed by atoms with Crippen molar-refractivity contribution in [3.05, 3.63) is 0 Å². The monoisotopic (exact) mass is 240 g/mol. The molecular formula is C13H24N2O2. The molecule has 1 aliphatic heterocycles. The van der Waals surface area contributed by atoms with Crippen molar-refractivity contribution in [2.75, 3.05) is 19.6 Å². The lowest BCUT2D eigenvalue weighted by atomic mass is 9.95. The van der Waals surface area contributed by atoms with Crippen LogP contribution in [0.4, 0.5) is 0 Å². The predicted octanol–water partition coefficient (Wildman–Crippen LogP) is 0.892. The molecule has 1 aliphatic carbocycles. The van der Waals surface area contributed by atoms with Crippen molar-refractivity contribution in [1.82, 2.24) is 10.2 Å². The number of hydrogen-bond donors (Lipinski definition) is 2. The molecule has 0 radical (unpaired) electrons. The van der Waals surface area contributed by atoms with Crippen LogP contribution in [0.25, 0.3) is 0 Å². The quantitative estimate of drug-likeness (QED) is 0.702. The molecule has 2 aliphatic rings. The minimum atomic E-state index is -0.436. The average Bonchev–Trinajstić information content (AvgIpc) is 2.65. The summed E-state index contributed by atoms with van der Waals surface area (Å²) in [6.45, 7) is 2.31. The fourth-order valence-electron chi connectivity index (χ4n) is 2.85. The zero-order valence-electron chi connectivity index (χ0n) is 10.5.